The maximum Gasteiger partial charge on any atom is 0.267 e. The lowest BCUT2D eigenvalue weighted by molar-refractivity contribution is -0.127. The summed E-state index contributed by atoms with van der Waals surface area (Å²) in [5.74, 6) is -0.321. The van der Waals surface area contributed by atoms with Crippen molar-refractivity contribution in [2.24, 2.45) is 5.73 Å². The van der Waals surface area contributed by atoms with Crippen molar-refractivity contribution in [3.8, 4) is 5.75 Å². The predicted molar refractivity (Wildman–Crippen MR) is 88.1 cm³/mol. The van der Waals surface area contributed by atoms with Crippen LogP contribution in [0.1, 0.15) is 23.2 Å². The smallest absolute Gasteiger partial charge is 0.267 e. The van der Waals surface area contributed by atoms with Crippen LogP contribution in [0, 0.1) is 0 Å². The van der Waals surface area contributed by atoms with E-state index in [0.717, 1.165) is 0 Å². The molecule has 0 aliphatic heterocycles. The van der Waals surface area contributed by atoms with E-state index in [0.29, 0.717) is 30.7 Å². The third-order valence-electron chi connectivity index (χ3n) is 3.26. The number of carbonyl (C=O) groups excluding carboxylic acids is 2. The van der Waals surface area contributed by atoms with Crippen LogP contribution in [0.3, 0.4) is 0 Å². The van der Waals surface area contributed by atoms with Gasteiger partial charge in [0.2, 0.25) is 0 Å². The van der Waals surface area contributed by atoms with Crippen molar-refractivity contribution in [3.63, 3.8) is 0 Å². The van der Waals surface area contributed by atoms with Crippen LogP contribution in [0.2, 0.25) is 0 Å². The zero-order valence-corrected chi connectivity index (χ0v) is 12.8. The third kappa shape index (κ3) is 5.23. The number of rotatable bonds is 7. The standard InChI is InChI=1S/C18H20N2O3/c19-13-7-12-16(23-15-10-5-2-6-11-15)18(22)20-17(21)14-8-3-1-4-9-14/h1-6,8-11,16H,7,12-13,19H2,(H,20,21,22). The Balaban J connectivity index is 2.02. The monoisotopic (exact) mass is 312 g/mol. The summed E-state index contributed by atoms with van der Waals surface area (Å²) in [7, 11) is 0. The fourth-order valence-electron chi connectivity index (χ4n) is 2.06. The van der Waals surface area contributed by atoms with Gasteiger partial charge in [-0.15, -0.1) is 0 Å². The van der Waals surface area contributed by atoms with Gasteiger partial charge in [0.15, 0.2) is 6.10 Å². The fraction of sp³-hybridized carbons (Fsp3) is 0.222. The molecule has 0 radical (unpaired) electrons. The largest absolute Gasteiger partial charge is 0.481 e. The van der Waals surface area contributed by atoms with E-state index in [-0.39, 0.29) is 0 Å². The van der Waals surface area contributed by atoms with Crippen LogP contribution in [0.15, 0.2) is 60.7 Å². The molecule has 2 aromatic rings. The molecule has 5 heteroatoms. The van der Waals surface area contributed by atoms with Gasteiger partial charge < -0.3 is 10.5 Å². The van der Waals surface area contributed by atoms with Gasteiger partial charge in [-0.05, 0) is 43.7 Å². The molecule has 0 saturated carbocycles. The van der Waals surface area contributed by atoms with Crippen molar-refractivity contribution >= 4 is 11.8 Å². The Morgan fingerprint density at radius 2 is 1.61 bits per heavy atom. The average Bonchev–Trinajstić information content (AvgIpc) is 2.60. The summed E-state index contributed by atoms with van der Waals surface area (Å²) >= 11 is 0. The highest BCUT2D eigenvalue weighted by Crippen LogP contribution is 2.14. The van der Waals surface area contributed by atoms with Gasteiger partial charge >= 0.3 is 0 Å². The molecule has 2 aromatic carbocycles. The Bertz CT molecular complexity index is 629. The second kappa shape index (κ2) is 8.70. The molecular formula is C18H20N2O3. The summed E-state index contributed by atoms with van der Waals surface area (Å²) in [6.45, 7) is 0.453. The minimum atomic E-state index is -0.756. The maximum atomic E-state index is 12.3. The van der Waals surface area contributed by atoms with Crippen LogP contribution in [0.25, 0.3) is 0 Å². The van der Waals surface area contributed by atoms with Crippen molar-refractivity contribution in [1.82, 2.24) is 5.32 Å². The molecule has 3 N–H and O–H groups in total. The SMILES string of the molecule is NCCCC(Oc1ccccc1)C(=O)NC(=O)c1ccccc1. The quantitative estimate of drug-likeness (QED) is 0.820. The van der Waals surface area contributed by atoms with Crippen LogP contribution in [0.4, 0.5) is 0 Å². The second-order valence-electron chi connectivity index (χ2n) is 5.03. The molecule has 120 valence electrons. The normalized spacial score (nSPS) is 11.5. The predicted octanol–water partition coefficient (Wildman–Crippen LogP) is 2.13. The first-order valence-electron chi connectivity index (χ1n) is 7.52. The number of hydrogen-bond acceptors (Lipinski definition) is 4. The molecule has 0 saturated heterocycles. The maximum absolute atomic E-state index is 12.3. The van der Waals surface area contributed by atoms with Gasteiger partial charge in [0.05, 0.1) is 0 Å². The first-order chi connectivity index (χ1) is 11.2. The van der Waals surface area contributed by atoms with E-state index in [1.807, 2.05) is 18.2 Å². The Morgan fingerprint density at radius 3 is 2.22 bits per heavy atom. The summed E-state index contributed by atoms with van der Waals surface area (Å²) in [6, 6.07) is 17.6. The van der Waals surface area contributed by atoms with E-state index in [9.17, 15) is 9.59 Å². The van der Waals surface area contributed by atoms with E-state index in [4.69, 9.17) is 10.5 Å². The minimum Gasteiger partial charge on any atom is -0.481 e. The number of nitrogens with two attached hydrogens (primary N) is 1. The first-order valence-corrected chi connectivity index (χ1v) is 7.52. The Morgan fingerprint density at radius 1 is 1.00 bits per heavy atom. The summed E-state index contributed by atoms with van der Waals surface area (Å²) < 4.78 is 5.70. The minimum absolute atomic E-state index is 0.429. The number of amides is 2. The van der Waals surface area contributed by atoms with Crippen LogP contribution < -0.4 is 15.8 Å². The van der Waals surface area contributed by atoms with Crippen molar-refractivity contribution in [2.75, 3.05) is 6.54 Å². The van der Waals surface area contributed by atoms with E-state index in [1.165, 1.54) is 0 Å². The highest BCUT2D eigenvalue weighted by molar-refractivity contribution is 6.05. The van der Waals surface area contributed by atoms with Crippen LogP contribution in [-0.4, -0.2) is 24.5 Å². The van der Waals surface area contributed by atoms with Crippen molar-refractivity contribution in [2.45, 2.75) is 18.9 Å². The van der Waals surface area contributed by atoms with Crippen molar-refractivity contribution < 1.29 is 14.3 Å². The molecular weight excluding hydrogens is 292 g/mol. The molecule has 2 amide bonds. The number of hydrogen-bond donors (Lipinski definition) is 2. The zero-order valence-electron chi connectivity index (χ0n) is 12.8. The molecule has 0 heterocycles. The van der Waals surface area contributed by atoms with Gasteiger partial charge in [-0.25, -0.2) is 0 Å². The average molecular weight is 312 g/mol. The van der Waals surface area contributed by atoms with Gasteiger partial charge in [0.25, 0.3) is 11.8 Å². The molecule has 5 nitrogen and oxygen atoms in total. The number of ether oxygens (including phenoxy) is 1. The Hall–Kier alpha value is -2.66. The van der Waals surface area contributed by atoms with E-state index < -0.39 is 17.9 Å². The Kier molecular flexibility index (Phi) is 6.32. The van der Waals surface area contributed by atoms with Gasteiger partial charge in [-0.1, -0.05) is 36.4 Å². The molecule has 1 atom stereocenters. The van der Waals surface area contributed by atoms with Crippen molar-refractivity contribution in [3.05, 3.63) is 66.2 Å². The fourth-order valence-corrected chi connectivity index (χ4v) is 2.06. The topological polar surface area (TPSA) is 81.4 Å². The molecule has 2 rings (SSSR count). The van der Waals surface area contributed by atoms with Gasteiger partial charge in [0, 0.05) is 5.56 Å². The van der Waals surface area contributed by atoms with E-state index >= 15 is 0 Å². The van der Waals surface area contributed by atoms with Gasteiger partial charge in [-0.2, -0.15) is 0 Å². The summed E-state index contributed by atoms with van der Waals surface area (Å²) in [5.41, 5.74) is 5.94. The lowest BCUT2D eigenvalue weighted by Gasteiger charge is -2.18. The van der Waals surface area contributed by atoms with Crippen molar-refractivity contribution in [1.29, 1.82) is 0 Å². The van der Waals surface area contributed by atoms with Crippen LogP contribution >= 0.6 is 0 Å². The zero-order chi connectivity index (χ0) is 16.5. The highest BCUT2D eigenvalue weighted by atomic mass is 16.5. The number of carbonyl (C=O) groups is 2. The number of nitrogens with one attached hydrogen (secondary N) is 1. The summed E-state index contributed by atoms with van der Waals surface area (Å²) in [5, 5.41) is 2.38. The number of para-hydroxylation sites is 1. The van der Waals surface area contributed by atoms with Gasteiger partial charge in [0.1, 0.15) is 5.75 Å². The lowest BCUT2D eigenvalue weighted by Crippen LogP contribution is -2.41. The van der Waals surface area contributed by atoms with E-state index in [2.05, 4.69) is 5.32 Å². The molecule has 1 unspecified atom stereocenters. The summed E-state index contributed by atoms with van der Waals surface area (Å²) in [4.78, 5) is 24.4. The highest BCUT2D eigenvalue weighted by Gasteiger charge is 2.22. The van der Waals surface area contributed by atoms with Crippen LogP contribution in [0.5, 0.6) is 5.75 Å². The summed E-state index contributed by atoms with van der Waals surface area (Å²) in [6.07, 6.45) is 0.317. The third-order valence-corrected chi connectivity index (χ3v) is 3.26. The lowest BCUT2D eigenvalue weighted by atomic mass is 10.1. The molecule has 0 aliphatic rings. The Labute approximate surface area is 135 Å². The molecule has 23 heavy (non-hydrogen) atoms. The molecule has 0 bridgehead atoms. The van der Waals surface area contributed by atoms with E-state index in [1.54, 1.807) is 42.5 Å². The van der Waals surface area contributed by atoms with Gasteiger partial charge in [-0.3, -0.25) is 14.9 Å². The molecule has 0 aromatic heterocycles. The number of benzene rings is 2. The molecule has 0 fully saturated rings. The molecule has 0 spiro atoms. The first kappa shape index (κ1) is 16.7. The van der Waals surface area contributed by atoms with Crippen LogP contribution in [-0.2, 0) is 4.79 Å². The number of imide groups is 1. The molecule has 0 aliphatic carbocycles. The second-order valence-corrected chi connectivity index (χ2v) is 5.03.